The summed E-state index contributed by atoms with van der Waals surface area (Å²) in [5.41, 5.74) is -0.183. The number of thiophene rings is 1. The van der Waals surface area contributed by atoms with Gasteiger partial charge < -0.3 is 5.11 Å². The normalized spacial score (nSPS) is 11.0. The van der Waals surface area contributed by atoms with E-state index in [1.807, 2.05) is 13.8 Å². The SMILES string of the molecule is CCCn1c(CC)nc2scc(C(=O)O)c2c1=O. The molecule has 0 bridgehead atoms. The standard InChI is InChI=1S/C12H14N2O3S/c1-3-5-14-8(4-2)13-10-9(11(14)15)7(6-18-10)12(16)17/h6H,3-5H2,1-2H3,(H,16,17). The van der Waals surface area contributed by atoms with E-state index in [2.05, 4.69) is 4.98 Å². The fraction of sp³-hybridized carbons (Fsp3) is 0.417. The van der Waals surface area contributed by atoms with Gasteiger partial charge in [-0.2, -0.15) is 0 Å². The first-order valence-electron chi connectivity index (χ1n) is 5.84. The summed E-state index contributed by atoms with van der Waals surface area (Å²) >= 11 is 1.21. The summed E-state index contributed by atoms with van der Waals surface area (Å²) < 4.78 is 1.58. The quantitative estimate of drug-likeness (QED) is 0.920. The van der Waals surface area contributed by atoms with Gasteiger partial charge in [-0.15, -0.1) is 11.3 Å². The van der Waals surface area contributed by atoms with E-state index < -0.39 is 5.97 Å². The molecule has 0 spiro atoms. The van der Waals surface area contributed by atoms with E-state index in [-0.39, 0.29) is 16.5 Å². The molecule has 0 amide bonds. The molecule has 2 aromatic heterocycles. The number of carbonyl (C=O) groups is 1. The molecular formula is C12H14N2O3S. The molecule has 0 saturated carbocycles. The molecule has 0 aliphatic heterocycles. The second-order valence-corrected chi connectivity index (χ2v) is 4.83. The van der Waals surface area contributed by atoms with Gasteiger partial charge in [-0.1, -0.05) is 13.8 Å². The molecule has 0 fully saturated rings. The maximum atomic E-state index is 12.4. The Labute approximate surface area is 108 Å². The highest BCUT2D eigenvalue weighted by atomic mass is 32.1. The van der Waals surface area contributed by atoms with Crippen molar-refractivity contribution in [2.45, 2.75) is 33.2 Å². The predicted octanol–water partition coefficient (Wildman–Crippen LogP) is 2.13. The van der Waals surface area contributed by atoms with Crippen molar-refractivity contribution in [3.05, 3.63) is 27.1 Å². The molecule has 18 heavy (non-hydrogen) atoms. The van der Waals surface area contributed by atoms with Gasteiger partial charge in [-0.05, 0) is 6.42 Å². The lowest BCUT2D eigenvalue weighted by Crippen LogP contribution is -2.25. The molecule has 0 aliphatic carbocycles. The van der Waals surface area contributed by atoms with Crippen LogP contribution in [0.4, 0.5) is 0 Å². The third-order valence-corrected chi connectivity index (χ3v) is 3.64. The van der Waals surface area contributed by atoms with E-state index in [0.717, 1.165) is 6.42 Å². The van der Waals surface area contributed by atoms with Crippen LogP contribution in [0, 0.1) is 0 Å². The van der Waals surface area contributed by atoms with Crippen LogP contribution in [0.5, 0.6) is 0 Å². The van der Waals surface area contributed by atoms with Crippen molar-refractivity contribution in [1.82, 2.24) is 9.55 Å². The Morgan fingerprint density at radius 1 is 1.50 bits per heavy atom. The molecule has 2 rings (SSSR count). The Morgan fingerprint density at radius 2 is 2.22 bits per heavy atom. The van der Waals surface area contributed by atoms with Crippen molar-refractivity contribution in [2.75, 3.05) is 0 Å². The lowest BCUT2D eigenvalue weighted by molar-refractivity contribution is 0.0699. The molecule has 0 radical (unpaired) electrons. The first kappa shape index (κ1) is 12.8. The number of hydrogen-bond donors (Lipinski definition) is 1. The first-order chi connectivity index (χ1) is 8.60. The summed E-state index contributed by atoms with van der Waals surface area (Å²) in [5, 5.41) is 10.8. The second kappa shape index (κ2) is 4.89. The monoisotopic (exact) mass is 266 g/mol. The molecule has 0 aromatic carbocycles. The van der Waals surface area contributed by atoms with Gasteiger partial charge in [-0.25, -0.2) is 9.78 Å². The molecule has 0 saturated heterocycles. The van der Waals surface area contributed by atoms with Gasteiger partial charge in [0, 0.05) is 18.3 Å². The summed E-state index contributed by atoms with van der Waals surface area (Å²) in [5.74, 6) is -0.361. The van der Waals surface area contributed by atoms with Crippen LogP contribution in [0.25, 0.3) is 10.2 Å². The van der Waals surface area contributed by atoms with Crippen LogP contribution in [-0.2, 0) is 13.0 Å². The molecular weight excluding hydrogens is 252 g/mol. The van der Waals surface area contributed by atoms with E-state index >= 15 is 0 Å². The van der Waals surface area contributed by atoms with E-state index in [9.17, 15) is 9.59 Å². The van der Waals surface area contributed by atoms with E-state index in [0.29, 0.717) is 23.6 Å². The first-order valence-corrected chi connectivity index (χ1v) is 6.72. The number of rotatable bonds is 4. The third-order valence-electron chi connectivity index (χ3n) is 2.77. The fourth-order valence-corrected chi connectivity index (χ4v) is 2.87. The lowest BCUT2D eigenvalue weighted by Gasteiger charge is -2.09. The summed E-state index contributed by atoms with van der Waals surface area (Å²) in [6.45, 7) is 4.48. The molecule has 0 unspecified atom stereocenters. The summed E-state index contributed by atoms with van der Waals surface area (Å²) in [4.78, 5) is 28.3. The van der Waals surface area contributed by atoms with Crippen molar-refractivity contribution in [3.8, 4) is 0 Å². The average Bonchev–Trinajstić information content (AvgIpc) is 2.76. The lowest BCUT2D eigenvalue weighted by atomic mass is 10.2. The van der Waals surface area contributed by atoms with Gasteiger partial charge in [0.1, 0.15) is 10.7 Å². The minimum atomic E-state index is -1.08. The van der Waals surface area contributed by atoms with E-state index in [1.165, 1.54) is 16.7 Å². The van der Waals surface area contributed by atoms with Crippen LogP contribution >= 0.6 is 11.3 Å². The highest BCUT2D eigenvalue weighted by Gasteiger charge is 2.18. The van der Waals surface area contributed by atoms with Crippen molar-refractivity contribution in [1.29, 1.82) is 0 Å². The molecule has 0 atom stereocenters. The summed E-state index contributed by atoms with van der Waals surface area (Å²) in [7, 11) is 0. The molecule has 1 N–H and O–H groups in total. The van der Waals surface area contributed by atoms with Crippen LogP contribution in [0.3, 0.4) is 0 Å². The van der Waals surface area contributed by atoms with Crippen LogP contribution in [0.1, 0.15) is 36.5 Å². The van der Waals surface area contributed by atoms with E-state index in [4.69, 9.17) is 5.11 Å². The number of aromatic carboxylic acids is 1. The van der Waals surface area contributed by atoms with Crippen molar-refractivity contribution < 1.29 is 9.90 Å². The molecule has 6 heteroatoms. The molecule has 2 heterocycles. The topological polar surface area (TPSA) is 72.2 Å². The number of aromatic nitrogens is 2. The maximum Gasteiger partial charge on any atom is 0.337 e. The van der Waals surface area contributed by atoms with Crippen molar-refractivity contribution in [3.63, 3.8) is 0 Å². The Hall–Kier alpha value is -1.69. The molecule has 2 aromatic rings. The van der Waals surface area contributed by atoms with Gasteiger partial charge >= 0.3 is 5.97 Å². The smallest absolute Gasteiger partial charge is 0.337 e. The highest BCUT2D eigenvalue weighted by molar-refractivity contribution is 7.17. The average molecular weight is 266 g/mol. The Bertz CT molecular complexity index is 657. The molecule has 0 aliphatic rings. The zero-order valence-electron chi connectivity index (χ0n) is 10.3. The number of fused-ring (bicyclic) bond motifs is 1. The van der Waals surface area contributed by atoms with Crippen LogP contribution < -0.4 is 5.56 Å². The van der Waals surface area contributed by atoms with Crippen LogP contribution in [0.15, 0.2) is 10.2 Å². The Kier molecular flexibility index (Phi) is 3.47. The minimum Gasteiger partial charge on any atom is -0.478 e. The van der Waals surface area contributed by atoms with Crippen LogP contribution in [0.2, 0.25) is 0 Å². The number of carboxylic acids is 1. The Balaban J connectivity index is 2.82. The molecule has 96 valence electrons. The van der Waals surface area contributed by atoms with Gasteiger partial charge in [0.25, 0.3) is 5.56 Å². The van der Waals surface area contributed by atoms with Crippen molar-refractivity contribution >= 4 is 27.5 Å². The largest absolute Gasteiger partial charge is 0.478 e. The summed E-state index contributed by atoms with van der Waals surface area (Å²) in [6.07, 6.45) is 1.47. The number of aryl methyl sites for hydroxylation is 1. The fourth-order valence-electron chi connectivity index (χ4n) is 1.95. The molecule has 5 nitrogen and oxygen atoms in total. The van der Waals surface area contributed by atoms with Gasteiger partial charge in [0.15, 0.2) is 0 Å². The zero-order chi connectivity index (χ0) is 13.3. The minimum absolute atomic E-state index is 0.0556. The third kappa shape index (κ3) is 1.92. The van der Waals surface area contributed by atoms with E-state index in [1.54, 1.807) is 4.57 Å². The second-order valence-electron chi connectivity index (χ2n) is 3.97. The van der Waals surface area contributed by atoms with Gasteiger partial charge in [-0.3, -0.25) is 9.36 Å². The Morgan fingerprint density at radius 3 is 2.78 bits per heavy atom. The number of nitrogens with zero attached hydrogens (tertiary/aromatic N) is 2. The van der Waals surface area contributed by atoms with Crippen LogP contribution in [-0.4, -0.2) is 20.6 Å². The van der Waals surface area contributed by atoms with Gasteiger partial charge in [0.05, 0.1) is 10.9 Å². The number of carboxylic acid groups (broad SMARTS) is 1. The zero-order valence-corrected chi connectivity index (χ0v) is 11.1. The number of hydrogen-bond acceptors (Lipinski definition) is 4. The summed E-state index contributed by atoms with van der Waals surface area (Å²) in [6, 6.07) is 0. The maximum absolute atomic E-state index is 12.4. The highest BCUT2D eigenvalue weighted by Crippen LogP contribution is 2.21. The van der Waals surface area contributed by atoms with Gasteiger partial charge in [0.2, 0.25) is 0 Å². The van der Waals surface area contributed by atoms with Crippen molar-refractivity contribution in [2.24, 2.45) is 0 Å². The predicted molar refractivity (Wildman–Crippen MR) is 70.5 cm³/mol.